The summed E-state index contributed by atoms with van der Waals surface area (Å²) in [5, 5.41) is 4.22. The Kier molecular flexibility index (Phi) is 3.25. The quantitative estimate of drug-likeness (QED) is 0.432. The molecule has 1 saturated heterocycles. The summed E-state index contributed by atoms with van der Waals surface area (Å²) in [5.41, 5.74) is 8.82. The van der Waals surface area contributed by atoms with Gasteiger partial charge in [0.15, 0.2) is 5.11 Å². The zero-order chi connectivity index (χ0) is 8.10. The average Bonchev–Trinajstić information content (AvgIpc) is 2.03. The molecule has 0 atom stereocenters. The molecule has 0 unspecified atom stereocenters. The van der Waals surface area contributed by atoms with Crippen LogP contribution >= 0.6 is 12.2 Å². The number of hydrogen-bond donors (Lipinski definition) is 2. The normalized spacial score (nSPS) is 17.6. The van der Waals surface area contributed by atoms with Crippen molar-refractivity contribution in [2.75, 3.05) is 13.2 Å². The van der Waals surface area contributed by atoms with E-state index < -0.39 is 0 Å². The van der Waals surface area contributed by atoms with E-state index in [1.54, 1.807) is 0 Å². The second-order valence-electron chi connectivity index (χ2n) is 2.27. The number of nitrogens with two attached hydrogens (primary N) is 1. The minimum absolute atomic E-state index is 0.212. The first-order valence-electron chi connectivity index (χ1n) is 3.47. The SMILES string of the molecule is NC(=S)NN=C1CCOCC1. The molecule has 0 aromatic carbocycles. The standard InChI is InChI=1S/C6H11N3OS/c7-6(11)9-8-5-1-3-10-4-2-5/h1-4H2,(H3,7,9,11). The van der Waals surface area contributed by atoms with Gasteiger partial charge in [-0.05, 0) is 12.2 Å². The van der Waals surface area contributed by atoms with Gasteiger partial charge in [0.25, 0.3) is 0 Å². The van der Waals surface area contributed by atoms with Crippen molar-refractivity contribution in [1.29, 1.82) is 0 Å². The topological polar surface area (TPSA) is 59.6 Å². The van der Waals surface area contributed by atoms with Crippen LogP contribution in [0.2, 0.25) is 0 Å². The largest absolute Gasteiger partial charge is 0.381 e. The maximum Gasteiger partial charge on any atom is 0.184 e. The van der Waals surface area contributed by atoms with Gasteiger partial charge in [0, 0.05) is 18.6 Å². The van der Waals surface area contributed by atoms with Crippen LogP contribution in [0.4, 0.5) is 0 Å². The van der Waals surface area contributed by atoms with E-state index in [0.717, 1.165) is 31.8 Å². The van der Waals surface area contributed by atoms with Gasteiger partial charge in [0.05, 0.1) is 13.2 Å². The Morgan fingerprint density at radius 2 is 2.18 bits per heavy atom. The van der Waals surface area contributed by atoms with E-state index in [2.05, 4.69) is 22.7 Å². The number of nitrogens with one attached hydrogen (secondary N) is 1. The van der Waals surface area contributed by atoms with Gasteiger partial charge in [-0.15, -0.1) is 0 Å². The van der Waals surface area contributed by atoms with E-state index in [-0.39, 0.29) is 5.11 Å². The first kappa shape index (κ1) is 8.42. The van der Waals surface area contributed by atoms with Crippen molar-refractivity contribution in [1.82, 2.24) is 5.43 Å². The fraction of sp³-hybridized carbons (Fsp3) is 0.667. The highest BCUT2D eigenvalue weighted by atomic mass is 32.1. The number of thiocarbonyl (C=S) groups is 1. The Hall–Kier alpha value is -0.680. The van der Waals surface area contributed by atoms with Crippen LogP contribution < -0.4 is 11.2 Å². The van der Waals surface area contributed by atoms with Crippen molar-refractivity contribution in [2.24, 2.45) is 10.8 Å². The second-order valence-corrected chi connectivity index (χ2v) is 2.71. The molecule has 0 saturated carbocycles. The number of nitrogens with zero attached hydrogens (tertiary/aromatic N) is 1. The lowest BCUT2D eigenvalue weighted by Gasteiger charge is -2.12. The molecule has 1 aliphatic heterocycles. The Balaban J connectivity index is 2.32. The highest BCUT2D eigenvalue weighted by Gasteiger charge is 2.05. The van der Waals surface area contributed by atoms with Crippen LogP contribution in [0, 0.1) is 0 Å². The van der Waals surface area contributed by atoms with E-state index >= 15 is 0 Å². The monoisotopic (exact) mass is 173 g/mol. The molecule has 1 aliphatic rings. The minimum Gasteiger partial charge on any atom is -0.381 e. The summed E-state index contributed by atoms with van der Waals surface area (Å²) in [4.78, 5) is 0. The van der Waals surface area contributed by atoms with E-state index in [1.807, 2.05) is 0 Å². The van der Waals surface area contributed by atoms with Gasteiger partial charge in [-0.25, -0.2) is 0 Å². The van der Waals surface area contributed by atoms with Crippen LogP contribution in [-0.4, -0.2) is 24.0 Å². The Bertz CT molecular complexity index is 173. The van der Waals surface area contributed by atoms with Gasteiger partial charge in [0.2, 0.25) is 0 Å². The third kappa shape index (κ3) is 3.29. The number of rotatable bonds is 1. The van der Waals surface area contributed by atoms with Crippen LogP contribution in [0.15, 0.2) is 5.10 Å². The van der Waals surface area contributed by atoms with Crippen molar-refractivity contribution in [2.45, 2.75) is 12.8 Å². The molecule has 1 rings (SSSR count). The van der Waals surface area contributed by atoms with E-state index in [9.17, 15) is 0 Å². The second kappa shape index (κ2) is 4.25. The van der Waals surface area contributed by atoms with Gasteiger partial charge in [-0.2, -0.15) is 5.10 Å². The van der Waals surface area contributed by atoms with Crippen molar-refractivity contribution >= 4 is 23.0 Å². The maximum absolute atomic E-state index is 5.19. The predicted molar refractivity (Wildman–Crippen MR) is 47.4 cm³/mol. The molecule has 11 heavy (non-hydrogen) atoms. The third-order valence-corrected chi connectivity index (χ3v) is 1.49. The molecule has 0 amide bonds. The predicted octanol–water partition coefficient (Wildman–Crippen LogP) is -0.0140. The molecule has 3 N–H and O–H groups in total. The minimum atomic E-state index is 0.212. The summed E-state index contributed by atoms with van der Waals surface area (Å²) >= 11 is 4.59. The van der Waals surface area contributed by atoms with Crippen molar-refractivity contribution in [3.8, 4) is 0 Å². The summed E-state index contributed by atoms with van der Waals surface area (Å²) in [6, 6.07) is 0. The van der Waals surface area contributed by atoms with E-state index in [1.165, 1.54) is 0 Å². The van der Waals surface area contributed by atoms with Gasteiger partial charge >= 0.3 is 0 Å². The van der Waals surface area contributed by atoms with Crippen molar-refractivity contribution in [3.05, 3.63) is 0 Å². The van der Waals surface area contributed by atoms with Crippen LogP contribution in [0.5, 0.6) is 0 Å². The smallest absolute Gasteiger partial charge is 0.184 e. The first-order chi connectivity index (χ1) is 5.29. The molecule has 0 spiro atoms. The molecular formula is C6H11N3OS. The zero-order valence-electron chi connectivity index (χ0n) is 6.17. The summed E-state index contributed by atoms with van der Waals surface area (Å²) in [6.45, 7) is 1.50. The van der Waals surface area contributed by atoms with Crippen LogP contribution in [-0.2, 0) is 4.74 Å². The lowest BCUT2D eigenvalue weighted by atomic mass is 10.2. The van der Waals surface area contributed by atoms with Gasteiger partial charge < -0.3 is 10.5 Å². The van der Waals surface area contributed by atoms with Crippen LogP contribution in [0.1, 0.15) is 12.8 Å². The van der Waals surface area contributed by atoms with Gasteiger partial charge in [0.1, 0.15) is 0 Å². The fourth-order valence-corrected chi connectivity index (χ4v) is 0.899. The summed E-state index contributed by atoms with van der Waals surface area (Å²) < 4.78 is 5.13. The molecule has 1 fully saturated rings. The molecule has 5 heteroatoms. The first-order valence-corrected chi connectivity index (χ1v) is 3.88. The Labute approximate surface area is 70.8 Å². The number of hydrogen-bond acceptors (Lipinski definition) is 3. The average molecular weight is 173 g/mol. The highest BCUT2D eigenvalue weighted by molar-refractivity contribution is 7.80. The maximum atomic E-state index is 5.19. The molecule has 0 aromatic heterocycles. The number of ether oxygens (including phenoxy) is 1. The molecule has 0 aliphatic carbocycles. The third-order valence-electron chi connectivity index (χ3n) is 1.39. The lowest BCUT2D eigenvalue weighted by molar-refractivity contribution is 0.134. The molecule has 0 bridgehead atoms. The Morgan fingerprint density at radius 1 is 1.55 bits per heavy atom. The van der Waals surface area contributed by atoms with Gasteiger partial charge in [-0.1, -0.05) is 0 Å². The lowest BCUT2D eigenvalue weighted by Crippen LogP contribution is -2.27. The van der Waals surface area contributed by atoms with Crippen LogP contribution in [0.3, 0.4) is 0 Å². The van der Waals surface area contributed by atoms with Gasteiger partial charge in [-0.3, -0.25) is 5.43 Å². The summed E-state index contributed by atoms with van der Waals surface area (Å²) in [5.74, 6) is 0. The fourth-order valence-electron chi connectivity index (χ4n) is 0.853. The molecular weight excluding hydrogens is 162 g/mol. The highest BCUT2D eigenvalue weighted by Crippen LogP contribution is 2.01. The van der Waals surface area contributed by atoms with Crippen molar-refractivity contribution in [3.63, 3.8) is 0 Å². The molecule has 0 radical (unpaired) electrons. The molecule has 4 nitrogen and oxygen atoms in total. The van der Waals surface area contributed by atoms with Crippen LogP contribution in [0.25, 0.3) is 0 Å². The molecule has 1 heterocycles. The zero-order valence-corrected chi connectivity index (χ0v) is 6.99. The van der Waals surface area contributed by atoms with E-state index in [0.29, 0.717) is 0 Å². The van der Waals surface area contributed by atoms with Crippen molar-refractivity contribution < 1.29 is 4.74 Å². The summed E-state index contributed by atoms with van der Waals surface area (Å²) in [7, 11) is 0. The molecule has 62 valence electrons. The van der Waals surface area contributed by atoms with E-state index in [4.69, 9.17) is 10.5 Å². The molecule has 0 aromatic rings. The Morgan fingerprint density at radius 3 is 2.73 bits per heavy atom. The summed E-state index contributed by atoms with van der Waals surface area (Å²) in [6.07, 6.45) is 1.74. The number of hydrazone groups is 1.